The Morgan fingerprint density at radius 2 is 2.06 bits per heavy atom. The van der Waals surface area contributed by atoms with Crippen molar-refractivity contribution in [3.63, 3.8) is 0 Å². The highest BCUT2D eigenvalue weighted by atomic mass is 16.7. The molecule has 1 heterocycles. The molecule has 1 unspecified atom stereocenters. The summed E-state index contributed by atoms with van der Waals surface area (Å²) < 4.78 is 10.5. The van der Waals surface area contributed by atoms with Crippen LogP contribution in [-0.4, -0.2) is 12.7 Å². The smallest absolute Gasteiger partial charge is 0.241 e. The van der Waals surface area contributed by atoms with Gasteiger partial charge in [-0.1, -0.05) is 0 Å². The molecule has 1 aliphatic heterocycles. The zero-order chi connectivity index (χ0) is 11.7. The first-order chi connectivity index (χ1) is 7.63. The van der Waals surface area contributed by atoms with Crippen molar-refractivity contribution in [3.05, 3.63) is 23.3 Å². The van der Waals surface area contributed by atoms with Crippen molar-refractivity contribution in [1.29, 1.82) is 0 Å². The van der Waals surface area contributed by atoms with E-state index in [9.17, 15) is 4.79 Å². The lowest BCUT2D eigenvalue weighted by Crippen LogP contribution is -2.33. The lowest BCUT2D eigenvalue weighted by Gasteiger charge is -2.13. The Kier molecular flexibility index (Phi) is 2.70. The van der Waals surface area contributed by atoms with Gasteiger partial charge in [0, 0.05) is 0 Å². The summed E-state index contributed by atoms with van der Waals surface area (Å²) in [6, 6.07) is 3.70. The molecule has 0 aromatic heterocycles. The second-order valence-corrected chi connectivity index (χ2v) is 3.79. The van der Waals surface area contributed by atoms with Crippen molar-refractivity contribution in [2.75, 3.05) is 6.79 Å². The topological polar surface area (TPSA) is 73.6 Å². The average Bonchev–Trinajstić information content (AvgIpc) is 2.72. The van der Waals surface area contributed by atoms with Crippen LogP contribution in [0.3, 0.4) is 0 Å². The fourth-order valence-electron chi connectivity index (χ4n) is 1.79. The van der Waals surface area contributed by atoms with Crippen LogP contribution in [0, 0.1) is 6.92 Å². The Bertz CT molecular complexity index is 431. The van der Waals surface area contributed by atoms with Gasteiger partial charge >= 0.3 is 0 Å². The maximum atomic E-state index is 11.5. The molecular weight excluding hydrogens is 208 g/mol. The quantitative estimate of drug-likeness (QED) is 0.441. The van der Waals surface area contributed by atoms with Crippen molar-refractivity contribution in [1.82, 2.24) is 5.43 Å². The molecule has 1 aliphatic rings. The molecule has 5 heteroatoms. The van der Waals surface area contributed by atoms with Crippen LogP contribution < -0.4 is 20.7 Å². The number of amides is 1. The third-order valence-electron chi connectivity index (χ3n) is 2.76. The summed E-state index contributed by atoms with van der Waals surface area (Å²) in [6.07, 6.45) is 0. The van der Waals surface area contributed by atoms with Gasteiger partial charge in [-0.05, 0) is 37.1 Å². The minimum Gasteiger partial charge on any atom is -0.454 e. The first-order valence-electron chi connectivity index (χ1n) is 5.04. The molecule has 1 aromatic carbocycles. The number of hydrogen-bond acceptors (Lipinski definition) is 4. The number of ether oxygens (including phenoxy) is 2. The van der Waals surface area contributed by atoms with Crippen LogP contribution in [-0.2, 0) is 4.79 Å². The van der Waals surface area contributed by atoms with Crippen molar-refractivity contribution >= 4 is 5.91 Å². The number of carbonyl (C=O) groups is 1. The second kappa shape index (κ2) is 4.02. The van der Waals surface area contributed by atoms with Gasteiger partial charge < -0.3 is 9.47 Å². The number of nitrogens with one attached hydrogen (secondary N) is 1. The third-order valence-corrected chi connectivity index (χ3v) is 2.76. The molecular formula is C11H14N2O3. The molecule has 0 aliphatic carbocycles. The van der Waals surface area contributed by atoms with E-state index in [0.717, 1.165) is 16.9 Å². The Morgan fingerprint density at radius 3 is 2.69 bits per heavy atom. The third kappa shape index (κ3) is 1.69. The number of hydrogen-bond donors (Lipinski definition) is 2. The van der Waals surface area contributed by atoms with E-state index in [2.05, 4.69) is 5.43 Å². The molecule has 0 fully saturated rings. The summed E-state index contributed by atoms with van der Waals surface area (Å²) in [5, 5.41) is 0. The van der Waals surface area contributed by atoms with E-state index in [1.165, 1.54) is 0 Å². The van der Waals surface area contributed by atoms with Gasteiger partial charge in [0.15, 0.2) is 11.5 Å². The van der Waals surface area contributed by atoms with E-state index >= 15 is 0 Å². The number of nitrogens with two attached hydrogens (primary N) is 1. The van der Waals surface area contributed by atoms with E-state index < -0.39 is 0 Å². The normalized spacial score (nSPS) is 14.7. The molecule has 0 radical (unpaired) electrons. The Labute approximate surface area is 93.5 Å². The summed E-state index contributed by atoms with van der Waals surface area (Å²) in [7, 11) is 0. The van der Waals surface area contributed by atoms with E-state index in [4.69, 9.17) is 15.3 Å². The van der Waals surface area contributed by atoms with Crippen LogP contribution in [0.4, 0.5) is 0 Å². The summed E-state index contributed by atoms with van der Waals surface area (Å²) >= 11 is 0. The highest BCUT2D eigenvalue weighted by Crippen LogP contribution is 2.36. The minimum absolute atomic E-state index is 0.220. The van der Waals surface area contributed by atoms with E-state index in [0.29, 0.717) is 5.75 Å². The fraction of sp³-hybridized carbons (Fsp3) is 0.364. The molecule has 3 N–H and O–H groups in total. The zero-order valence-corrected chi connectivity index (χ0v) is 9.24. The molecule has 0 saturated carbocycles. The van der Waals surface area contributed by atoms with Crippen molar-refractivity contribution in [2.24, 2.45) is 5.84 Å². The minimum atomic E-state index is -0.306. The number of carbonyl (C=O) groups excluding carboxylic acids is 1. The van der Waals surface area contributed by atoms with Crippen molar-refractivity contribution in [2.45, 2.75) is 19.8 Å². The highest BCUT2D eigenvalue weighted by Gasteiger charge is 2.21. The van der Waals surface area contributed by atoms with Gasteiger partial charge in [-0.3, -0.25) is 10.2 Å². The molecule has 1 amide bonds. The number of fused-ring (bicyclic) bond motifs is 1. The van der Waals surface area contributed by atoms with Crippen LogP contribution in [0.1, 0.15) is 24.0 Å². The molecule has 0 bridgehead atoms. The first kappa shape index (κ1) is 10.8. The molecule has 0 spiro atoms. The van der Waals surface area contributed by atoms with Gasteiger partial charge in [-0.25, -0.2) is 5.84 Å². The molecule has 1 aromatic rings. The van der Waals surface area contributed by atoms with Crippen LogP contribution in [0.5, 0.6) is 11.5 Å². The summed E-state index contributed by atoms with van der Waals surface area (Å²) in [5.74, 6) is 5.99. The zero-order valence-electron chi connectivity index (χ0n) is 9.24. The SMILES string of the molecule is Cc1cc2c(cc1C(C)C(=O)NN)OCO2. The van der Waals surface area contributed by atoms with Crippen LogP contribution in [0.2, 0.25) is 0 Å². The number of rotatable bonds is 2. The number of benzene rings is 1. The summed E-state index contributed by atoms with van der Waals surface area (Å²) in [6.45, 7) is 3.96. The van der Waals surface area contributed by atoms with Crippen LogP contribution >= 0.6 is 0 Å². The Balaban J connectivity index is 2.38. The van der Waals surface area contributed by atoms with Gasteiger partial charge in [0.25, 0.3) is 0 Å². The van der Waals surface area contributed by atoms with Gasteiger partial charge in [-0.2, -0.15) is 0 Å². The molecule has 16 heavy (non-hydrogen) atoms. The van der Waals surface area contributed by atoms with Gasteiger partial charge in [0.2, 0.25) is 12.7 Å². The maximum Gasteiger partial charge on any atom is 0.241 e. The van der Waals surface area contributed by atoms with Gasteiger partial charge in [0.05, 0.1) is 5.92 Å². The van der Waals surface area contributed by atoms with Crippen molar-refractivity contribution < 1.29 is 14.3 Å². The molecule has 2 rings (SSSR count). The predicted octanol–water partition coefficient (Wildman–Crippen LogP) is 0.817. The predicted molar refractivity (Wildman–Crippen MR) is 58.0 cm³/mol. The van der Waals surface area contributed by atoms with E-state index in [-0.39, 0.29) is 18.6 Å². The fourth-order valence-corrected chi connectivity index (χ4v) is 1.79. The van der Waals surface area contributed by atoms with Gasteiger partial charge in [-0.15, -0.1) is 0 Å². The lowest BCUT2D eigenvalue weighted by molar-refractivity contribution is -0.122. The number of aryl methyl sites for hydroxylation is 1. The van der Waals surface area contributed by atoms with Crippen LogP contribution in [0.15, 0.2) is 12.1 Å². The summed E-state index contributed by atoms with van der Waals surface area (Å²) in [4.78, 5) is 11.5. The van der Waals surface area contributed by atoms with Crippen molar-refractivity contribution in [3.8, 4) is 11.5 Å². The molecule has 0 saturated heterocycles. The monoisotopic (exact) mass is 222 g/mol. The van der Waals surface area contributed by atoms with Gasteiger partial charge in [0.1, 0.15) is 0 Å². The van der Waals surface area contributed by atoms with E-state index in [1.54, 1.807) is 6.92 Å². The first-order valence-corrected chi connectivity index (χ1v) is 5.04. The molecule has 86 valence electrons. The lowest BCUT2D eigenvalue weighted by atomic mass is 9.95. The van der Waals surface area contributed by atoms with E-state index in [1.807, 2.05) is 19.1 Å². The highest BCUT2D eigenvalue weighted by molar-refractivity contribution is 5.83. The Hall–Kier alpha value is -1.75. The number of hydrazine groups is 1. The standard InChI is InChI=1S/C11H14N2O3/c1-6-3-9-10(16-5-15-9)4-8(6)7(2)11(14)13-12/h3-4,7H,5,12H2,1-2H3,(H,13,14). The average molecular weight is 222 g/mol. The Morgan fingerprint density at radius 1 is 1.44 bits per heavy atom. The largest absolute Gasteiger partial charge is 0.454 e. The maximum absolute atomic E-state index is 11.5. The second-order valence-electron chi connectivity index (χ2n) is 3.79. The summed E-state index contributed by atoms with van der Waals surface area (Å²) in [5.41, 5.74) is 4.03. The van der Waals surface area contributed by atoms with Crippen LogP contribution in [0.25, 0.3) is 0 Å². The molecule has 1 atom stereocenters. The molecule has 5 nitrogen and oxygen atoms in total.